The molecule has 1 fully saturated rings. The Balaban J connectivity index is 1.32. The number of carbonyl (C=O) groups is 2. The highest BCUT2D eigenvalue weighted by Gasteiger charge is 2.29. The van der Waals surface area contributed by atoms with E-state index in [0.29, 0.717) is 32.9 Å². The van der Waals surface area contributed by atoms with Gasteiger partial charge in [0.1, 0.15) is 28.8 Å². The quantitative estimate of drug-likeness (QED) is 0.381. The molecule has 1 aliphatic rings. The number of nitrogens with one attached hydrogen (secondary N) is 3. The number of aromatic nitrogens is 1. The molecule has 2 atom stereocenters. The number of urea groups is 1. The molecular weight excluding hydrogens is 488 g/mol. The lowest BCUT2D eigenvalue weighted by atomic mass is 9.90. The van der Waals surface area contributed by atoms with Crippen molar-refractivity contribution in [2.45, 2.75) is 44.4 Å². The molecule has 1 saturated carbocycles. The van der Waals surface area contributed by atoms with Gasteiger partial charge in [0.2, 0.25) is 0 Å². The molecule has 3 N–H and O–H groups in total. The van der Waals surface area contributed by atoms with Gasteiger partial charge in [0.15, 0.2) is 0 Å². The zero-order valence-corrected chi connectivity index (χ0v) is 20.8. The van der Waals surface area contributed by atoms with Crippen LogP contribution in [0.4, 0.5) is 10.5 Å². The van der Waals surface area contributed by atoms with Crippen LogP contribution in [0.3, 0.4) is 0 Å². The van der Waals surface area contributed by atoms with Crippen LogP contribution in [-0.4, -0.2) is 36.1 Å². The number of para-hydroxylation sites is 2. The van der Waals surface area contributed by atoms with Crippen LogP contribution in [-0.2, 0) is 6.61 Å². The summed E-state index contributed by atoms with van der Waals surface area (Å²) in [6, 6.07) is 13.6. The summed E-state index contributed by atoms with van der Waals surface area (Å²) < 4.78 is 11.0. The maximum absolute atomic E-state index is 12.9. The molecule has 0 spiro atoms. The van der Waals surface area contributed by atoms with Crippen LogP contribution in [0.1, 0.15) is 41.2 Å². The van der Waals surface area contributed by atoms with Gasteiger partial charge in [-0.2, -0.15) is 0 Å². The molecule has 3 amide bonds. The highest BCUT2D eigenvalue weighted by molar-refractivity contribution is 7.09. The Kier molecular flexibility index (Phi) is 8.44. The van der Waals surface area contributed by atoms with Crippen LogP contribution in [0, 0.1) is 0 Å². The lowest BCUT2D eigenvalue weighted by Crippen LogP contribution is -2.54. The predicted octanol–water partition coefficient (Wildman–Crippen LogP) is 5.25. The van der Waals surface area contributed by atoms with Crippen molar-refractivity contribution < 1.29 is 19.1 Å². The number of ether oxygens (including phenoxy) is 2. The minimum Gasteiger partial charge on any atom is -0.495 e. The predicted molar refractivity (Wildman–Crippen MR) is 137 cm³/mol. The monoisotopic (exact) mass is 514 g/mol. The van der Waals surface area contributed by atoms with Gasteiger partial charge in [-0.1, -0.05) is 36.6 Å². The average Bonchev–Trinajstić information content (AvgIpc) is 3.34. The van der Waals surface area contributed by atoms with Crippen LogP contribution >= 0.6 is 22.9 Å². The van der Waals surface area contributed by atoms with Crippen LogP contribution in [0.25, 0.3) is 0 Å². The molecule has 0 radical (unpaired) electrons. The molecule has 0 unspecified atom stereocenters. The van der Waals surface area contributed by atoms with Crippen molar-refractivity contribution in [1.29, 1.82) is 0 Å². The van der Waals surface area contributed by atoms with Crippen LogP contribution in [0.15, 0.2) is 53.9 Å². The lowest BCUT2D eigenvalue weighted by molar-refractivity contribution is 0.0911. The van der Waals surface area contributed by atoms with Crippen molar-refractivity contribution >= 4 is 40.6 Å². The van der Waals surface area contributed by atoms with E-state index in [2.05, 4.69) is 20.9 Å². The van der Waals surface area contributed by atoms with Crippen LogP contribution < -0.4 is 25.4 Å². The number of anilines is 1. The fourth-order valence-electron chi connectivity index (χ4n) is 3.95. The van der Waals surface area contributed by atoms with E-state index < -0.39 is 0 Å². The third-order valence-electron chi connectivity index (χ3n) is 5.71. The van der Waals surface area contributed by atoms with E-state index in [1.807, 2.05) is 12.1 Å². The summed E-state index contributed by atoms with van der Waals surface area (Å²) in [5.41, 5.74) is 0.923. The number of amides is 3. The number of hydrogen-bond donors (Lipinski definition) is 3. The molecule has 184 valence electrons. The molecule has 0 bridgehead atoms. The number of thiazole rings is 1. The first-order chi connectivity index (χ1) is 17.0. The molecular formula is C25H27ClN4O4S. The van der Waals surface area contributed by atoms with E-state index in [4.69, 9.17) is 21.1 Å². The van der Waals surface area contributed by atoms with E-state index >= 15 is 0 Å². The Morgan fingerprint density at radius 1 is 1.06 bits per heavy atom. The van der Waals surface area contributed by atoms with Gasteiger partial charge in [-0.05, 0) is 49.2 Å². The topological polar surface area (TPSA) is 102 Å². The maximum Gasteiger partial charge on any atom is 0.319 e. The molecule has 1 heterocycles. The summed E-state index contributed by atoms with van der Waals surface area (Å²) in [6.45, 7) is 0.260. The van der Waals surface area contributed by atoms with Crippen LogP contribution in [0.5, 0.6) is 11.5 Å². The van der Waals surface area contributed by atoms with E-state index in [1.54, 1.807) is 48.9 Å². The molecule has 1 aromatic heterocycles. The number of nitrogens with zero attached hydrogens (tertiary/aromatic N) is 1. The second-order valence-corrected chi connectivity index (χ2v) is 9.52. The molecule has 10 heteroatoms. The summed E-state index contributed by atoms with van der Waals surface area (Å²) in [4.78, 5) is 29.9. The van der Waals surface area contributed by atoms with Crippen molar-refractivity contribution in [2.24, 2.45) is 0 Å². The molecule has 4 rings (SSSR count). The lowest BCUT2D eigenvalue weighted by Gasteiger charge is -2.32. The number of halogens is 1. The molecule has 1 aliphatic carbocycles. The standard InChI is InChI=1S/C25H27ClN4O4S/c1-33-22-9-5-4-8-20(22)30-25(32)29-19-7-3-2-6-18(19)28-24(31)21-15-35-23(27-21)14-34-17-12-10-16(26)11-13-17/h4-5,8-13,15,18-19H,2-3,6-7,14H2,1H3,(H,28,31)(H2,29,30,32)/t18-,19+/m1/s1. The number of hydrogen-bond acceptors (Lipinski definition) is 6. The third-order valence-corrected chi connectivity index (χ3v) is 6.79. The van der Waals surface area contributed by atoms with Crippen LogP contribution in [0.2, 0.25) is 5.02 Å². The van der Waals surface area contributed by atoms with E-state index in [9.17, 15) is 9.59 Å². The third kappa shape index (κ3) is 6.86. The first kappa shape index (κ1) is 24.8. The minimum atomic E-state index is -0.337. The van der Waals surface area contributed by atoms with Crippen molar-refractivity contribution in [1.82, 2.24) is 15.6 Å². The summed E-state index contributed by atoms with van der Waals surface area (Å²) in [5.74, 6) is 0.997. The molecule has 2 aromatic carbocycles. The Morgan fingerprint density at radius 2 is 1.77 bits per heavy atom. The van der Waals surface area contributed by atoms with Crippen molar-refractivity contribution in [3.63, 3.8) is 0 Å². The molecule has 8 nitrogen and oxygen atoms in total. The van der Waals surface area contributed by atoms with E-state index in [-0.39, 0.29) is 30.6 Å². The van der Waals surface area contributed by atoms with Gasteiger partial charge >= 0.3 is 6.03 Å². The van der Waals surface area contributed by atoms with E-state index in [0.717, 1.165) is 25.7 Å². The first-order valence-electron chi connectivity index (χ1n) is 11.4. The highest BCUT2D eigenvalue weighted by Crippen LogP contribution is 2.24. The summed E-state index contributed by atoms with van der Waals surface area (Å²) in [5, 5.41) is 11.9. The van der Waals surface area contributed by atoms with Gasteiger partial charge in [0, 0.05) is 16.4 Å². The number of carbonyl (C=O) groups excluding carboxylic acids is 2. The summed E-state index contributed by atoms with van der Waals surface area (Å²) in [6.07, 6.45) is 3.52. The van der Waals surface area contributed by atoms with Gasteiger partial charge in [0.05, 0.1) is 18.8 Å². The molecule has 35 heavy (non-hydrogen) atoms. The number of benzene rings is 2. The Labute approximate surface area is 213 Å². The molecule has 0 aliphatic heterocycles. The Morgan fingerprint density at radius 3 is 2.51 bits per heavy atom. The van der Waals surface area contributed by atoms with Crippen molar-refractivity contribution in [3.8, 4) is 11.5 Å². The average molecular weight is 515 g/mol. The van der Waals surface area contributed by atoms with Crippen molar-refractivity contribution in [3.05, 3.63) is 69.6 Å². The highest BCUT2D eigenvalue weighted by atomic mass is 35.5. The van der Waals surface area contributed by atoms with Crippen molar-refractivity contribution in [2.75, 3.05) is 12.4 Å². The smallest absolute Gasteiger partial charge is 0.319 e. The Bertz CT molecular complexity index is 1150. The number of methoxy groups -OCH3 is 1. The second kappa shape index (κ2) is 11.9. The second-order valence-electron chi connectivity index (χ2n) is 8.14. The first-order valence-corrected chi connectivity index (χ1v) is 12.6. The zero-order chi connectivity index (χ0) is 24.6. The largest absolute Gasteiger partial charge is 0.495 e. The van der Waals surface area contributed by atoms with Gasteiger partial charge in [-0.3, -0.25) is 4.79 Å². The van der Waals surface area contributed by atoms with Gasteiger partial charge in [-0.25, -0.2) is 9.78 Å². The number of rotatable bonds is 8. The molecule has 3 aromatic rings. The van der Waals surface area contributed by atoms with Gasteiger partial charge < -0.3 is 25.4 Å². The molecule has 0 saturated heterocycles. The summed E-state index contributed by atoms with van der Waals surface area (Å²) >= 11 is 7.26. The normalized spacial score (nSPS) is 17.3. The Hall–Kier alpha value is -3.30. The zero-order valence-electron chi connectivity index (χ0n) is 19.3. The maximum atomic E-state index is 12.9. The minimum absolute atomic E-state index is 0.185. The van der Waals surface area contributed by atoms with Gasteiger partial charge in [-0.15, -0.1) is 11.3 Å². The van der Waals surface area contributed by atoms with E-state index in [1.165, 1.54) is 11.3 Å². The summed E-state index contributed by atoms with van der Waals surface area (Å²) in [7, 11) is 1.55. The fourth-order valence-corrected chi connectivity index (χ4v) is 4.76. The fraction of sp³-hybridized carbons (Fsp3) is 0.320. The SMILES string of the molecule is COc1ccccc1NC(=O)N[C@H]1CCCC[C@H]1NC(=O)c1csc(COc2ccc(Cl)cc2)n1. The van der Waals surface area contributed by atoms with Gasteiger partial charge in [0.25, 0.3) is 5.91 Å².